The van der Waals surface area contributed by atoms with E-state index in [1.807, 2.05) is 6.07 Å². The molecule has 3 N–H and O–H groups in total. The van der Waals surface area contributed by atoms with E-state index < -0.39 is 42.6 Å². The van der Waals surface area contributed by atoms with Crippen LogP contribution in [0.1, 0.15) is 62.4 Å². The van der Waals surface area contributed by atoms with Crippen molar-refractivity contribution in [3.05, 3.63) is 42.1 Å². The number of esters is 1. The minimum atomic E-state index is -1.13. The van der Waals surface area contributed by atoms with Gasteiger partial charge < -0.3 is 39.9 Å². The Morgan fingerprint density at radius 1 is 0.959 bits per heavy atom. The smallest absolute Gasteiger partial charge is 0.407 e. The number of amides is 5. The van der Waals surface area contributed by atoms with Gasteiger partial charge in [-0.25, -0.2) is 9.48 Å². The van der Waals surface area contributed by atoms with E-state index in [1.165, 1.54) is 25.4 Å². The predicted molar refractivity (Wildman–Crippen MR) is 173 cm³/mol. The third-order valence-electron chi connectivity index (χ3n) is 8.99. The van der Waals surface area contributed by atoms with E-state index in [-0.39, 0.29) is 75.1 Å². The molecule has 1 aromatic carbocycles. The average molecular weight is 682 g/mol. The van der Waals surface area contributed by atoms with E-state index in [1.54, 1.807) is 31.2 Å². The van der Waals surface area contributed by atoms with Gasteiger partial charge in [-0.3, -0.25) is 24.0 Å². The Balaban J connectivity index is 1.29. The summed E-state index contributed by atoms with van der Waals surface area (Å²) in [6.45, 7) is 2.36. The maximum Gasteiger partial charge on any atom is 0.407 e. The summed E-state index contributed by atoms with van der Waals surface area (Å²) in [5.74, 6) is -2.14. The number of para-hydroxylation sites is 1. The number of hydrogen-bond acceptors (Lipinski definition) is 9. The largest absolute Gasteiger partial charge is 0.467 e. The maximum atomic E-state index is 13.6. The van der Waals surface area contributed by atoms with Crippen molar-refractivity contribution in [3.63, 3.8) is 0 Å². The van der Waals surface area contributed by atoms with Crippen LogP contribution in [0.4, 0.5) is 4.79 Å². The molecule has 5 rings (SSSR count). The average Bonchev–Trinajstić information content (AvgIpc) is 3.76. The number of piperazine rings is 1. The van der Waals surface area contributed by atoms with Crippen molar-refractivity contribution in [2.75, 3.05) is 45.9 Å². The van der Waals surface area contributed by atoms with Gasteiger partial charge in [0.1, 0.15) is 12.1 Å². The Labute approximate surface area is 283 Å². The molecule has 3 heterocycles. The number of nitrogens with one attached hydrogen (secondary N) is 2. The van der Waals surface area contributed by atoms with Crippen molar-refractivity contribution in [1.82, 2.24) is 35.1 Å². The van der Waals surface area contributed by atoms with Gasteiger partial charge in [-0.1, -0.05) is 18.2 Å². The minimum absolute atomic E-state index is 0.0505. The fraction of sp³-hybridized carbons (Fsp3) is 0.545. The molecular formula is C33H43N7O9. The van der Waals surface area contributed by atoms with E-state index in [0.717, 1.165) is 19.3 Å². The molecule has 0 bridgehead atoms. The number of hydrogen-bond donors (Lipinski definition) is 3. The number of aromatic nitrogens is 2. The first kappa shape index (κ1) is 35.2. The molecule has 0 radical (unpaired) electrons. The zero-order chi connectivity index (χ0) is 34.9. The van der Waals surface area contributed by atoms with E-state index in [9.17, 15) is 33.9 Å². The van der Waals surface area contributed by atoms with E-state index in [0.29, 0.717) is 25.1 Å². The van der Waals surface area contributed by atoms with Crippen LogP contribution in [-0.2, 0) is 23.9 Å². The molecular weight excluding hydrogens is 638 g/mol. The molecule has 5 amide bonds. The number of rotatable bonds is 13. The van der Waals surface area contributed by atoms with Crippen LogP contribution in [0.25, 0.3) is 5.69 Å². The summed E-state index contributed by atoms with van der Waals surface area (Å²) in [5, 5.41) is 19.4. The Kier molecular flexibility index (Phi) is 11.7. The highest BCUT2D eigenvalue weighted by Crippen LogP contribution is 2.24. The second-order valence-corrected chi connectivity index (χ2v) is 12.3. The third-order valence-corrected chi connectivity index (χ3v) is 8.99. The van der Waals surface area contributed by atoms with Crippen molar-refractivity contribution in [3.8, 4) is 11.6 Å². The lowest BCUT2D eigenvalue weighted by Gasteiger charge is -2.35. The zero-order valence-electron chi connectivity index (χ0n) is 27.5. The molecule has 1 aromatic heterocycles. The molecule has 1 aliphatic carbocycles. The second-order valence-electron chi connectivity index (χ2n) is 12.3. The normalized spacial score (nSPS) is 18.3. The Morgan fingerprint density at radius 2 is 1.67 bits per heavy atom. The highest BCUT2D eigenvalue weighted by atomic mass is 16.5. The van der Waals surface area contributed by atoms with Crippen LogP contribution < -0.4 is 15.4 Å². The van der Waals surface area contributed by atoms with Crippen molar-refractivity contribution >= 4 is 35.7 Å². The number of ether oxygens (including phenoxy) is 2. The number of likely N-dealkylation sites (tertiary alicyclic amines) is 1. The van der Waals surface area contributed by atoms with Crippen LogP contribution in [0.5, 0.6) is 5.88 Å². The lowest BCUT2D eigenvalue weighted by molar-refractivity contribution is -0.143. The van der Waals surface area contributed by atoms with Crippen molar-refractivity contribution in [1.29, 1.82) is 0 Å². The molecule has 2 aliphatic heterocycles. The Hall–Kier alpha value is -5.15. The van der Waals surface area contributed by atoms with Gasteiger partial charge in [0.05, 0.1) is 12.3 Å². The summed E-state index contributed by atoms with van der Waals surface area (Å²) in [7, 11) is 0. The number of carbonyl (C=O) groups excluding carboxylic acids is 5. The molecule has 2 aromatic rings. The first-order valence-electron chi connectivity index (χ1n) is 16.8. The summed E-state index contributed by atoms with van der Waals surface area (Å²) in [5.41, 5.74) is 0.448. The third kappa shape index (κ3) is 8.86. The highest BCUT2D eigenvalue weighted by molar-refractivity contribution is 5.96. The molecule has 2 atom stereocenters. The number of carbonyl (C=O) groups is 6. The summed E-state index contributed by atoms with van der Waals surface area (Å²) in [6, 6.07) is 8.67. The van der Waals surface area contributed by atoms with Gasteiger partial charge in [0.25, 0.3) is 11.8 Å². The summed E-state index contributed by atoms with van der Waals surface area (Å²) < 4.78 is 12.3. The maximum absolute atomic E-state index is 13.6. The lowest BCUT2D eigenvalue weighted by Crippen LogP contribution is -2.55. The van der Waals surface area contributed by atoms with Gasteiger partial charge in [-0.05, 0) is 57.6 Å². The van der Waals surface area contributed by atoms with Crippen LogP contribution in [0.2, 0.25) is 0 Å². The van der Waals surface area contributed by atoms with E-state index in [2.05, 4.69) is 15.7 Å². The van der Waals surface area contributed by atoms with Crippen LogP contribution in [0.15, 0.2) is 36.4 Å². The van der Waals surface area contributed by atoms with Crippen LogP contribution in [-0.4, -0.2) is 129 Å². The minimum Gasteiger partial charge on any atom is -0.467 e. The molecule has 3 fully saturated rings. The topological polar surface area (TPSA) is 193 Å². The van der Waals surface area contributed by atoms with Crippen molar-refractivity contribution in [2.24, 2.45) is 0 Å². The van der Waals surface area contributed by atoms with Gasteiger partial charge in [-0.2, -0.15) is 5.10 Å². The molecule has 2 saturated heterocycles. The molecule has 16 nitrogen and oxygen atoms in total. The monoisotopic (exact) mass is 681 g/mol. The van der Waals surface area contributed by atoms with Gasteiger partial charge >= 0.3 is 12.1 Å². The standard InChI is InChI=1S/C33H43N7O9/c1-2-48-29(42)14-13-24(32(45)37-16-18-38(19-17-37)33(46)47)35-30(43)25-20-28(40(36-25)23-10-4-3-5-11-23)49-21-27(41)39-15-7-12-26(39)31(44)34-22-8-6-9-22/h3-5,10-11,20,22,24,26H,2,6-9,12-19,21H2,1H3,(H,34,44)(H,35,43)(H,46,47)/t24-,26-/m0/s1. The Morgan fingerprint density at radius 3 is 2.33 bits per heavy atom. The molecule has 49 heavy (non-hydrogen) atoms. The number of benzene rings is 1. The summed E-state index contributed by atoms with van der Waals surface area (Å²) in [6.07, 6.45) is 2.97. The van der Waals surface area contributed by atoms with Crippen molar-refractivity contribution < 1.29 is 43.3 Å². The zero-order valence-corrected chi connectivity index (χ0v) is 27.5. The van der Waals surface area contributed by atoms with Crippen molar-refractivity contribution in [2.45, 2.75) is 70.0 Å². The van der Waals surface area contributed by atoms with Crippen LogP contribution in [0, 0.1) is 0 Å². The van der Waals surface area contributed by atoms with Crippen LogP contribution in [0.3, 0.4) is 0 Å². The molecule has 0 unspecified atom stereocenters. The Bertz CT molecular complexity index is 1520. The first-order valence-corrected chi connectivity index (χ1v) is 16.8. The fourth-order valence-corrected chi connectivity index (χ4v) is 6.06. The predicted octanol–water partition coefficient (Wildman–Crippen LogP) is 1.17. The second kappa shape index (κ2) is 16.3. The van der Waals surface area contributed by atoms with E-state index in [4.69, 9.17) is 9.47 Å². The molecule has 264 valence electrons. The molecule has 0 spiro atoms. The van der Waals surface area contributed by atoms with Gasteiger partial charge in [0.15, 0.2) is 12.3 Å². The molecule has 16 heteroatoms. The lowest BCUT2D eigenvalue weighted by atomic mass is 9.93. The number of carboxylic acid groups (broad SMARTS) is 1. The summed E-state index contributed by atoms with van der Waals surface area (Å²) >= 11 is 0. The summed E-state index contributed by atoms with van der Waals surface area (Å²) in [4.78, 5) is 81.0. The van der Waals surface area contributed by atoms with Gasteiger partial charge in [0.2, 0.25) is 17.7 Å². The molecule has 1 saturated carbocycles. The number of nitrogens with zero attached hydrogens (tertiary/aromatic N) is 5. The van der Waals surface area contributed by atoms with Gasteiger partial charge in [-0.15, -0.1) is 0 Å². The SMILES string of the molecule is CCOC(=O)CC[C@H](NC(=O)c1cc(OCC(=O)N2CCC[C@H]2C(=O)NC2CCC2)n(-c2ccccc2)n1)C(=O)N1CCN(C(=O)O)CC1. The fourth-order valence-electron chi connectivity index (χ4n) is 6.06. The first-order chi connectivity index (χ1) is 23.6. The highest BCUT2D eigenvalue weighted by Gasteiger charge is 2.36. The van der Waals surface area contributed by atoms with E-state index >= 15 is 0 Å². The quantitative estimate of drug-likeness (QED) is 0.259. The van der Waals surface area contributed by atoms with Gasteiger partial charge in [0, 0.05) is 51.3 Å². The molecule has 3 aliphatic rings. The van der Waals surface area contributed by atoms with Crippen LogP contribution >= 0.6 is 0 Å².